The first-order valence-corrected chi connectivity index (χ1v) is 13.3. The van der Waals surface area contributed by atoms with Gasteiger partial charge in [-0.2, -0.15) is 0 Å². The molecule has 0 aliphatic heterocycles. The zero-order chi connectivity index (χ0) is 28.4. The fourth-order valence-corrected chi connectivity index (χ4v) is 4.97. The first-order valence-electron chi connectivity index (χ1n) is 12.5. The number of aryl methyl sites for hydroxylation is 1. The Hall–Kier alpha value is -4.70. The summed E-state index contributed by atoms with van der Waals surface area (Å²) in [6.45, 7) is 3.99. The predicted octanol–water partition coefficient (Wildman–Crippen LogP) is 6.60. The van der Waals surface area contributed by atoms with Gasteiger partial charge < -0.3 is 29.2 Å². The monoisotopic (exact) mass is 555 g/mol. The Kier molecular flexibility index (Phi) is 7.52. The zero-order valence-electron chi connectivity index (χ0n) is 22.9. The van der Waals surface area contributed by atoms with Crippen molar-refractivity contribution in [1.82, 2.24) is 19.9 Å². The maximum atomic E-state index is 12.2. The van der Waals surface area contributed by atoms with Crippen molar-refractivity contribution in [1.29, 1.82) is 5.41 Å². The molecule has 2 aromatic carbocycles. The van der Waals surface area contributed by atoms with Crippen molar-refractivity contribution in [2.24, 2.45) is 0 Å². The summed E-state index contributed by atoms with van der Waals surface area (Å²) in [6, 6.07) is 13.0. The Morgan fingerprint density at radius 1 is 1.18 bits per heavy atom. The lowest BCUT2D eigenvalue weighted by Gasteiger charge is -2.10. The summed E-state index contributed by atoms with van der Waals surface area (Å²) in [5.74, 6) is 2.40. The number of imidazole rings is 1. The number of aromatic amines is 1. The van der Waals surface area contributed by atoms with E-state index in [0.717, 1.165) is 26.5 Å². The van der Waals surface area contributed by atoms with Gasteiger partial charge >= 0.3 is 0 Å². The van der Waals surface area contributed by atoms with Crippen molar-refractivity contribution in [2.45, 2.75) is 20.5 Å². The molecule has 3 heterocycles. The number of carbonyl (C=O) groups is 1. The molecule has 0 atom stereocenters. The van der Waals surface area contributed by atoms with Crippen LogP contribution in [-0.2, 0) is 6.61 Å². The zero-order valence-corrected chi connectivity index (χ0v) is 23.7. The fourth-order valence-electron chi connectivity index (χ4n) is 4.04. The standard InChI is InChI=1S/C30H29N5O4S/c1-17(31)6-11-28-32-15-23(33-28)27-14-22-25(12-21(37-5)13-26(22)39-27)38-16-24-18(2)40-29(34-24)19-7-9-20(10-8-19)30(36)35(3)4/h6-15,31H,16H2,1-5H3,(H,32,33)/b11-6-,31-17?. The van der Waals surface area contributed by atoms with E-state index >= 15 is 0 Å². The molecule has 204 valence electrons. The van der Waals surface area contributed by atoms with E-state index in [1.165, 1.54) is 0 Å². The Morgan fingerprint density at radius 3 is 2.65 bits per heavy atom. The highest BCUT2D eigenvalue weighted by Gasteiger charge is 2.17. The van der Waals surface area contributed by atoms with E-state index in [4.69, 9.17) is 24.3 Å². The maximum Gasteiger partial charge on any atom is 0.253 e. The molecule has 40 heavy (non-hydrogen) atoms. The number of hydrogen-bond acceptors (Lipinski definition) is 8. The smallest absolute Gasteiger partial charge is 0.253 e. The minimum Gasteiger partial charge on any atom is -0.496 e. The van der Waals surface area contributed by atoms with Crippen LogP contribution in [0, 0.1) is 12.3 Å². The summed E-state index contributed by atoms with van der Waals surface area (Å²) < 4.78 is 17.9. The molecule has 2 N–H and O–H groups in total. The third kappa shape index (κ3) is 5.67. The number of carbonyl (C=O) groups excluding carboxylic acids is 1. The molecule has 0 spiro atoms. The summed E-state index contributed by atoms with van der Waals surface area (Å²) in [6.07, 6.45) is 5.18. The van der Waals surface area contributed by atoms with Gasteiger partial charge in [-0.25, -0.2) is 9.97 Å². The summed E-state index contributed by atoms with van der Waals surface area (Å²) in [5, 5.41) is 9.21. The van der Waals surface area contributed by atoms with Crippen molar-refractivity contribution in [3.8, 4) is 33.5 Å². The second-order valence-electron chi connectivity index (χ2n) is 9.42. The van der Waals surface area contributed by atoms with Crippen LogP contribution in [0.3, 0.4) is 0 Å². The molecular weight excluding hydrogens is 526 g/mol. The molecule has 0 saturated heterocycles. The third-order valence-electron chi connectivity index (χ3n) is 6.19. The molecule has 0 fully saturated rings. The lowest BCUT2D eigenvalue weighted by atomic mass is 10.1. The van der Waals surface area contributed by atoms with Crippen molar-refractivity contribution >= 4 is 40.0 Å². The third-order valence-corrected chi connectivity index (χ3v) is 7.25. The molecule has 0 aliphatic carbocycles. The average Bonchev–Trinajstić information content (AvgIpc) is 3.68. The van der Waals surface area contributed by atoms with E-state index in [2.05, 4.69) is 9.97 Å². The van der Waals surface area contributed by atoms with Gasteiger partial charge in [0.05, 0.1) is 18.2 Å². The normalized spacial score (nSPS) is 11.3. The molecule has 0 bridgehead atoms. The molecule has 5 aromatic rings. The lowest BCUT2D eigenvalue weighted by molar-refractivity contribution is 0.0827. The fraction of sp³-hybridized carbons (Fsp3) is 0.200. The van der Waals surface area contributed by atoms with Gasteiger partial charge in [-0.05, 0) is 44.2 Å². The number of furan rings is 1. The van der Waals surface area contributed by atoms with E-state index < -0.39 is 0 Å². The predicted molar refractivity (Wildman–Crippen MR) is 157 cm³/mol. The highest BCUT2D eigenvalue weighted by Crippen LogP contribution is 2.37. The van der Waals surface area contributed by atoms with E-state index in [1.54, 1.807) is 62.7 Å². The number of benzene rings is 2. The van der Waals surface area contributed by atoms with Crippen LogP contribution in [0.25, 0.3) is 39.1 Å². The second kappa shape index (κ2) is 11.2. The number of aromatic nitrogens is 3. The number of H-pyrrole nitrogens is 1. The van der Waals surface area contributed by atoms with Gasteiger partial charge in [-0.15, -0.1) is 11.3 Å². The van der Waals surface area contributed by atoms with Crippen LogP contribution in [0.5, 0.6) is 11.5 Å². The van der Waals surface area contributed by atoms with E-state index in [1.807, 2.05) is 49.4 Å². The summed E-state index contributed by atoms with van der Waals surface area (Å²) in [7, 11) is 5.07. The number of thiazole rings is 1. The van der Waals surface area contributed by atoms with Gasteiger partial charge in [0.2, 0.25) is 0 Å². The minimum absolute atomic E-state index is 0.0367. The average molecular weight is 556 g/mol. The first-order chi connectivity index (χ1) is 19.2. The summed E-state index contributed by atoms with van der Waals surface area (Å²) >= 11 is 1.58. The quantitative estimate of drug-likeness (QED) is 0.198. The number of methoxy groups -OCH3 is 1. The van der Waals surface area contributed by atoms with Gasteiger partial charge in [0.1, 0.15) is 40.2 Å². The molecule has 0 unspecified atom stereocenters. The van der Waals surface area contributed by atoms with Crippen molar-refractivity contribution in [3.63, 3.8) is 0 Å². The maximum absolute atomic E-state index is 12.2. The van der Waals surface area contributed by atoms with Gasteiger partial charge in [0, 0.05) is 54.1 Å². The number of nitrogens with one attached hydrogen (secondary N) is 2. The molecule has 0 aliphatic rings. The van der Waals surface area contributed by atoms with Crippen LogP contribution in [0.15, 0.2) is 59.2 Å². The largest absolute Gasteiger partial charge is 0.496 e. The SMILES string of the molecule is COc1cc(OCc2nc(-c3ccc(C(=O)N(C)C)cc3)sc2C)c2cc(-c3c[nH]c(/C=C\C(C)=N)n3)oc2c1. The van der Waals surface area contributed by atoms with Crippen LogP contribution < -0.4 is 9.47 Å². The molecule has 0 radical (unpaired) electrons. The Labute approximate surface area is 235 Å². The van der Waals surface area contributed by atoms with Crippen LogP contribution in [0.1, 0.15) is 33.7 Å². The van der Waals surface area contributed by atoms with Crippen LogP contribution in [0.2, 0.25) is 0 Å². The number of allylic oxidation sites excluding steroid dienone is 1. The summed E-state index contributed by atoms with van der Waals surface area (Å²) in [5.41, 5.74) is 4.10. The molecule has 9 nitrogen and oxygen atoms in total. The van der Waals surface area contributed by atoms with E-state index in [0.29, 0.717) is 45.6 Å². The molecular formula is C30H29N5O4S. The van der Waals surface area contributed by atoms with Gasteiger partial charge in [0.15, 0.2) is 5.76 Å². The Balaban J connectivity index is 1.38. The van der Waals surface area contributed by atoms with Crippen molar-refractivity contribution in [3.05, 3.63) is 76.7 Å². The highest BCUT2D eigenvalue weighted by molar-refractivity contribution is 7.15. The molecule has 10 heteroatoms. The van der Waals surface area contributed by atoms with Gasteiger partial charge in [-0.1, -0.05) is 12.1 Å². The summed E-state index contributed by atoms with van der Waals surface area (Å²) in [4.78, 5) is 27.3. The number of rotatable bonds is 9. The molecule has 3 aromatic heterocycles. The number of fused-ring (bicyclic) bond motifs is 1. The number of nitrogens with zero attached hydrogens (tertiary/aromatic N) is 3. The van der Waals surface area contributed by atoms with Gasteiger partial charge in [0.25, 0.3) is 5.91 Å². The minimum atomic E-state index is -0.0367. The van der Waals surface area contributed by atoms with Crippen LogP contribution in [0.4, 0.5) is 0 Å². The number of amides is 1. The highest BCUT2D eigenvalue weighted by atomic mass is 32.1. The topological polar surface area (TPSA) is 117 Å². The Morgan fingerprint density at radius 2 is 1.95 bits per heavy atom. The van der Waals surface area contributed by atoms with Crippen LogP contribution in [-0.4, -0.2) is 52.7 Å². The van der Waals surface area contributed by atoms with Crippen molar-refractivity contribution < 1.29 is 18.7 Å². The molecule has 1 amide bonds. The second-order valence-corrected chi connectivity index (χ2v) is 10.6. The number of hydrogen-bond donors (Lipinski definition) is 2. The first kappa shape index (κ1) is 26.9. The molecule has 5 rings (SSSR count). The number of ether oxygens (including phenoxy) is 2. The van der Waals surface area contributed by atoms with Crippen molar-refractivity contribution in [2.75, 3.05) is 21.2 Å². The van der Waals surface area contributed by atoms with E-state index in [-0.39, 0.29) is 12.5 Å². The van der Waals surface area contributed by atoms with Crippen LogP contribution >= 0.6 is 11.3 Å². The molecule has 0 saturated carbocycles. The van der Waals surface area contributed by atoms with Gasteiger partial charge in [-0.3, -0.25) is 4.79 Å². The Bertz CT molecular complexity index is 1730. The lowest BCUT2D eigenvalue weighted by Crippen LogP contribution is -2.21. The van der Waals surface area contributed by atoms with E-state index in [9.17, 15) is 4.79 Å².